The van der Waals surface area contributed by atoms with E-state index in [1.54, 1.807) is 18.2 Å². The van der Waals surface area contributed by atoms with Crippen molar-refractivity contribution in [3.05, 3.63) is 59.4 Å². The lowest BCUT2D eigenvalue weighted by Crippen LogP contribution is -2.18. The van der Waals surface area contributed by atoms with Gasteiger partial charge in [-0.3, -0.25) is 0 Å². The van der Waals surface area contributed by atoms with Crippen LogP contribution < -0.4 is 5.32 Å². The van der Waals surface area contributed by atoms with Crippen LogP contribution in [-0.2, 0) is 6.42 Å². The van der Waals surface area contributed by atoms with Gasteiger partial charge in [-0.15, -0.1) is 0 Å². The van der Waals surface area contributed by atoms with Crippen LogP contribution in [0.2, 0.25) is 0 Å². The summed E-state index contributed by atoms with van der Waals surface area (Å²) in [6.45, 7) is 3.87. The molecule has 0 aliphatic rings. The van der Waals surface area contributed by atoms with Crippen molar-refractivity contribution in [1.82, 2.24) is 0 Å². The first-order valence-corrected chi connectivity index (χ1v) is 6.35. The molecule has 0 amide bonds. The molecule has 19 heavy (non-hydrogen) atoms. The van der Waals surface area contributed by atoms with Crippen LogP contribution in [0.4, 0.5) is 10.1 Å². The quantitative estimate of drug-likeness (QED) is 0.873. The van der Waals surface area contributed by atoms with Crippen molar-refractivity contribution in [2.75, 3.05) is 5.32 Å². The van der Waals surface area contributed by atoms with Gasteiger partial charge in [0.1, 0.15) is 11.6 Å². The van der Waals surface area contributed by atoms with Crippen LogP contribution in [0, 0.1) is 12.7 Å². The largest absolute Gasteiger partial charge is 0.508 e. The molecule has 100 valence electrons. The molecule has 0 saturated carbocycles. The van der Waals surface area contributed by atoms with Crippen molar-refractivity contribution in [2.45, 2.75) is 26.3 Å². The second kappa shape index (κ2) is 5.74. The van der Waals surface area contributed by atoms with Gasteiger partial charge >= 0.3 is 0 Å². The van der Waals surface area contributed by atoms with Crippen molar-refractivity contribution < 1.29 is 9.50 Å². The molecule has 0 saturated heterocycles. The summed E-state index contributed by atoms with van der Waals surface area (Å²) < 4.78 is 13.7. The smallest absolute Gasteiger partial charge is 0.146 e. The Morgan fingerprint density at radius 2 is 1.84 bits per heavy atom. The number of hydrogen-bond acceptors (Lipinski definition) is 2. The van der Waals surface area contributed by atoms with Crippen LogP contribution in [0.3, 0.4) is 0 Å². The van der Waals surface area contributed by atoms with Gasteiger partial charge in [-0.1, -0.05) is 18.2 Å². The molecule has 0 aromatic heterocycles. The Kier molecular flexibility index (Phi) is 4.05. The lowest BCUT2D eigenvalue weighted by atomic mass is 10.1. The Bertz CT molecular complexity index is 551. The van der Waals surface area contributed by atoms with Crippen LogP contribution in [0.25, 0.3) is 0 Å². The summed E-state index contributed by atoms with van der Waals surface area (Å²) >= 11 is 0. The molecule has 0 bridgehead atoms. The van der Waals surface area contributed by atoms with Crippen molar-refractivity contribution in [1.29, 1.82) is 0 Å². The van der Waals surface area contributed by atoms with Crippen LogP contribution >= 0.6 is 0 Å². The Morgan fingerprint density at radius 3 is 2.47 bits per heavy atom. The van der Waals surface area contributed by atoms with Gasteiger partial charge in [0.05, 0.1) is 5.69 Å². The van der Waals surface area contributed by atoms with Crippen LogP contribution in [0.5, 0.6) is 5.75 Å². The standard InChI is InChI=1S/C16H18FNO/c1-11-3-8-16(15(17)9-11)18-12(2)10-13-4-6-14(19)7-5-13/h3-9,12,18-19H,10H2,1-2H3. The monoisotopic (exact) mass is 259 g/mol. The Labute approximate surface area is 112 Å². The van der Waals surface area contributed by atoms with Gasteiger partial charge in [0.15, 0.2) is 0 Å². The molecular formula is C16H18FNO. The van der Waals surface area contributed by atoms with Gasteiger partial charge in [0.2, 0.25) is 0 Å². The highest BCUT2D eigenvalue weighted by Gasteiger charge is 2.07. The molecule has 2 N–H and O–H groups in total. The lowest BCUT2D eigenvalue weighted by Gasteiger charge is -2.16. The molecule has 0 radical (unpaired) electrons. The third-order valence-corrected chi connectivity index (χ3v) is 3.00. The molecule has 2 nitrogen and oxygen atoms in total. The zero-order valence-electron chi connectivity index (χ0n) is 11.2. The molecule has 0 aliphatic carbocycles. The molecule has 1 atom stereocenters. The number of phenols is 1. The normalized spacial score (nSPS) is 12.2. The molecule has 0 aliphatic heterocycles. The maximum absolute atomic E-state index is 13.7. The van der Waals surface area contributed by atoms with E-state index < -0.39 is 0 Å². The summed E-state index contributed by atoms with van der Waals surface area (Å²) in [5.74, 6) is 0.0338. The van der Waals surface area contributed by atoms with Crippen LogP contribution in [0.15, 0.2) is 42.5 Å². The maximum Gasteiger partial charge on any atom is 0.146 e. The second-order valence-electron chi connectivity index (χ2n) is 4.90. The van der Waals surface area contributed by atoms with E-state index >= 15 is 0 Å². The number of hydrogen-bond donors (Lipinski definition) is 2. The molecule has 1 unspecified atom stereocenters. The van der Waals surface area contributed by atoms with Gasteiger partial charge in [0, 0.05) is 6.04 Å². The van der Waals surface area contributed by atoms with Crippen molar-refractivity contribution in [3.8, 4) is 5.75 Å². The fourth-order valence-corrected chi connectivity index (χ4v) is 2.04. The number of benzene rings is 2. The highest BCUT2D eigenvalue weighted by atomic mass is 19.1. The first-order valence-electron chi connectivity index (χ1n) is 6.35. The van der Waals surface area contributed by atoms with Gasteiger partial charge in [-0.05, 0) is 55.7 Å². The maximum atomic E-state index is 13.7. The minimum absolute atomic E-state index is 0.113. The predicted molar refractivity (Wildman–Crippen MR) is 76.0 cm³/mol. The highest BCUT2D eigenvalue weighted by molar-refractivity contribution is 5.47. The molecule has 0 spiro atoms. The number of rotatable bonds is 4. The average Bonchev–Trinajstić information content (AvgIpc) is 2.36. The summed E-state index contributed by atoms with van der Waals surface area (Å²) in [6.07, 6.45) is 0.771. The van der Waals surface area contributed by atoms with E-state index in [0.29, 0.717) is 5.69 Å². The zero-order chi connectivity index (χ0) is 13.8. The van der Waals surface area contributed by atoms with E-state index in [0.717, 1.165) is 17.5 Å². The zero-order valence-corrected chi connectivity index (χ0v) is 11.2. The third-order valence-electron chi connectivity index (χ3n) is 3.00. The van der Waals surface area contributed by atoms with Crippen LogP contribution in [0.1, 0.15) is 18.1 Å². The SMILES string of the molecule is Cc1ccc(NC(C)Cc2ccc(O)cc2)c(F)c1. The number of nitrogens with one attached hydrogen (secondary N) is 1. The summed E-state index contributed by atoms with van der Waals surface area (Å²) in [5, 5.41) is 12.4. The van der Waals surface area contributed by atoms with Gasteiger partial charge in [-0.25, -0.2) is 4.39 Å². The number of aryl methyl sites for hydroxylation is 1. The highest BCUT2D eigenvalue weighted by Crippen LogP contribution is 2.18. The van der Waals surface area contributed by atoms with Gasteiger partial charge in [-0.2, -0.15) is 0 Å². The topological polar surface area (TPSA) is 32.3 Å². The van der Waals surface area contributed by atoms with Gasteiger partial charge < -0.3 is 10.4 Å². The molecule has 0 heterocycles. The van der Waals surface area contributed by atoms with Crippen molar-refractivity contribution >= 4 is 5.69 Å². The van der Waals surface area contributed by atoms with Crippen LogP contribution in [-0.4, -0.2) is 11.1 Å². The molecule has 3 heteroatoms. The summed E-state index contributed by atoms with van der Waals surface area (Å²) in [7, 11) is 0. The molecule has 2 aromatic rings. The summed E-state index contributed by atoms with van der Waals surface area (Å²) in [4.78, 5) is 0. The Balaban J connectivity index is 2.01. The number of anilines is 1. The van der Waals surface area contributed by atoms with E-state index in [9.17, 15) is 9.50 Å². The fraction of sp³-hybridized carbons (Fsp3) is 0.250. The second-order valence-corrected chi connectivity index (χ2v) is 4.90. The summed E-state index contributed by atoms with van der Waals surface area (Å²) in [5.41, 5.74) is 2.54. The van der Waals surface area contributed by atoms with E-state index in [4.69, 9.17) is 0 Å². The van der Waals surface area contributed by atoms with Crippen molar-refractivity contribution in [2.24, 2.45) is 0 Å². The molecule has 0 fully saturated rings. The first kappa shape index (κ1) is 13.4. The minimum atomic E-state index is -0.224. The van der Waals surface area contributed by atoms with E-state index in [1.165, 1.54) is 6.07 Å². The number of aromatic hydroxyl groups is 1. The molecular weight excluding hydrogens is 241 g/mol. The predicted octanol–water partition coefficient (Wildman–Crippen LogP) is 3.88. The molecule has 2 aromatic carbocycles. The Morgan fingerprint density at radius 1 is 1.16 bits per heavy atom. The lowest BCUT2D eigenvalue weighted by molar-refractivity contribution is 0.475. The van der Waals surface area contributed by atoms with E-state index in [-0.39, 0.29) is 17.6 Å². The third kappa shape index (κ3) is 3.71. The minimum Gasteiger partial charge on any atom is -0.508 e. The van der Waals surface area contributed by atoms with E-state index in [2.05, 4.69) is 5.32 Å². The first-order chi connectivity index (χ1) is 9.04. The fourth-order valence-electron chi connectivity index (χ4n) is 2.04. The molecule has 2 rings (SSSR count). The van der Waals surface area contributed by atoms with Crippen molar-refractivity contribution in [3.63, 3.8) is 0 Å². The number of phenolic OH excluding ortho intramolecular Hbond substituents is 1. The van der Waals surface area contributed by atoms with E-state index in [1.807, 2.05) is 32.0 Å². The van der Waals surface area contributed by atoms with Gasteiger partial charge in [0.25, 0.3) is 0 Å². The summed E-state index contributed by atoms with van der Waals surface area (Å²) in [6, 6.07) is 12.4. The number of halogens is 1. The average molecular weight is 259 g/mol. The Hall–Kier alpha value is -2.03.